The molecule has 0 radical (unpaired) electrons. The minimum atomic E-state index is 0.239. The third kappa shape index (κ3) is 3.01. The van der Waals surface area contributed by atoms with Gasteiger partial charge in [-0.2, -0.15) is 9.97 Å². The Morgan fingerprint density at radius 3 is 3.06 bits per heavy atom. The molecule has 1 aliphatic rings. The van der Waals surface area contributed by atoms with Gasteiger partial charge in [-0.1, -0.05) is 0 Å². The van der Waals surface area contributed by atoms with Crippen LogP contribution >= 0.6 is 0 Å². The highest BCUT2D eigenvalue weighted by atomic mass is 16.5. The standard InChI is InChI=1S/C12H20N4O2/c1-3-18-9-5-4-6-16(8-9)10-7-11(17-2)15-12(13)14-10/h7,9H,3-6,8H2,1-2H3,(H2,13,14,15). The van der Waals surface area contributed by atoms with E-state index in [9.17, 15) is 0 Å². The molecule has 2 heterocycles. The molecule has 1 saturated heterocycles. The largest absolute Gasteiger partial charge is 0.481 e. The quantitative estimate of drug-likeness (QED) is 0.864. The van der Waals surface area contributed by atoms with Gasteiger partial charge in [0.15, 0.2) is 0 Å². The lowest BCUT2D eigenvalue weighted by molar-refractivity contribution is 0.0525. The Morgan fingerprint density at radius 2 is 2.33 bits per heavy atom. The zero-order chi connectivity index (χ0) is 13.0. The lowest BCUT2D eigenvalue weighted by Crippen LogP contribution is -2.40. The number of nitrogens with two attached hydrogens (primary N) is 1. The second-order valence-electron chi connectivity index (χ2n) is 4.29. The van der Waals surface area contributed by atoms with E-state index in [0.717, 1.165) is 38.4 Å². The number of hydrogen-bond acceptors (Lipinski definition) is 6. The first-order valence-corrected chi connectivity index (χ1v) is 6.28. The van der Waals surface area contributed by atoms with Crippen LogP contribution in [0.15, 0.2) is 6.07 Å². The molecule has 1 aromatic rings. The van der Waals surface area contributed by atoms with Crippen molar-refractivity contribution < 1.29 is 9.47 Å². The molecule has 100 valence electrons. The van der Waals surface area contributed by atoms with Gasteiger partial charge < -0.3 is 20.1 Å². The maximum Gasteiger partial charge on any atom is 0.225 e. The van der Waals surface area contributed by atoms with Crippen molar-refractivity contribution in [2.24, 2.45) is 0 Å². The Hall–Kier alpha value is -1.56. The van der Waals surface area contributed by atoms with E-state index < -0.39 is 0 Å². The second kappa shape index (κ2) is 5.86. The van der Waals surface area contributed by atoms with Gasteiger partial charge in [0.2, 0.25) is 11.8 Å². The van der Waals surface area contributed by atoms with Crippen LogP contribution in [0.1, 0.15) is 19.8 Å². The van der Waals surface area contributed by atoms with Crippen LogP contribution in [0.25, 0.3) is 0 Å². The Morgan fingerprint density at radius 1 is 1.50 bits per heavy atom. The Kier molecular flexibility index (Phi) is 4.19. The molecule has 1 atom stereocenters. The van der Waals surface area contributed by atoms with Gasteiger partial charge in [-0.25, -0.2) is 0 Å². The highest BCUT2D eigenvalue weighted by Crippen LogP contribution is 2.23. The molecule has 18 heavy (non-hydrogen) atoms. The number of aromatic nitrogens is 2. The van der Waals surface area contributed by atoms with Crippen molar-refractivity contribution in [1.29, 1.82) is 0 Å². The van der Waals surface area contributed by atoms with E-state index in [-0.39, 0.29) is 12.1 Å². The predicted molar refractivity (Wildman–Crippen MR) is 69.9 cm³/mol. The molecule has 0 aromatic carbocycles. The first kappa shape index (κ1) is 12.9. The van der Waals surface area contributed by atoms with Crippen LogP contribution < -0.4 is 15.4 Å². The fraction of sp³-hybridized carbons (Fsp3) is 0.667. The summed E-state index contributed by atoms with van der Waals surface area (Å²) in [4.78, 5) is 10.4. The fourth-order valence-electron chi connectivity index (χ4n) is 2.21. The smallest absolute Gasteiger partial charge is 0.225 e. The summed E-state index contributed by atoms with van der Waals surface area (Å²) in [5.74, 6) is 1.54. The molecule has 1 unspecified atom stereocenters. The molecule has 6 heteroatoms. The Bertz CT molecular complexity index is 398. The molecule has 0 amide bonds. The van der Waals surface area contributed by atoms with Gasteiger partial charge in [0.05, 0.1) is 13.2 Å². The number of nitrogen functional groups attached to an aromatic ring is 1. The van der Waals surface area contributed by atoms with Gasteiger partial charge in [0.1, 0.15) is 5.82 Å². The molecule has 1 fully saturated rings. The van der Waals surface area contributed by atoms with Crippen LogP contribution in [0.3, 0.4) is 0 Å². The summed E-state index contributed by atoms with van der Waals surface area (Å²) in [6.07, 6.45) is 2.46. The topological polar surface area (TPSA) is 73.5 Å². The summed E-state index contributed by atoms with van der Waals surface area (Å²) in [6.45, 7) is 4.56. The van der Waals surface area contributed by atoms with Gasteiger partial charge in [0, 0.05) is 25.8 Å². The summed E-state index contributed by atoms with van der Waals surface area (Å²) in [5, 5.41) is 0. The van der Waals surface area contributed by atoms with Crippen LogP contribution in [-0.4, -0.2) is 42.9 Å². The Labute approximate surface area is 107 Å². The van der Waals surface area contributed by atoms with Crippen molar-refractivity contribution in [3.63, 3.8) is 0 Å². The zero-order valence-electron chi connectivity index (χ0n) is 10.9. The van der Waals surface area contributed by atoms with Crippen molar-refractivity contribution in [3.05, 3.63) is 6.07 Å². The lowest BCUT2D eigenvalue weighted by Gasteiger charge is -2.33. The number of hydrogen-bond donors (Lipinski definition) is 1. The first-order valence-electron chi connectivity index (χ1n) is 6.28. The van der Waals surface area contributed by atoms with Crippen LogP contribution in [-0.2, 0) is 4.74 Å². The summed E-state index contributed by atoms with van der Waals surface area (Å²) in [7, 11) is 1.57. The van der Waals surface area contributed by atoms with Crippen LogP contribution in [0.4, 0.5) is 11.8 Å². The highest BCUT2D eigenvalue weighted by molar-refractivity contribution is 5.45. The molecule has 1 aromatic heterocycles. The van der Waals surface area contributed by atoms with E-state index in [0.29, 0.717) is 5.88 Å². The number of ether oxygens (including phenoxy) is 2. The van der Waals surface area contributed by atoms with Gasteiger partial charge in [-0.3, -0.25) is 0 Å². The third-order valence-electron chi connectivity index (χ3n) is 3.02. The van der Waals surface area contributed by atoms with E-state index in [4.69, 9.17) is 15.2 Å². The fourth-order valence-corrected chi connectivity index (χ4v) is 2.21. The average molecular weight is 252 g/mol. The molecule has 0 aliphatic carbocycles. The summed E-state index contributed by atoms with van der Waals surface area (Å²) < 4.78 is 10.8. The van der Waals surface area contributed by atoms with Crippen molar-refractivity contribution >= 4 is 11.8 Å². The predicted octanol–water partition coefficient (Wildman–Crippen LogP) is 1.07. The van der Waals surface area contributed by atoms with Crippen LogP contribution in [0, 0.1) is 0 Å². The normalized spacial score (nSPS) is 19.9. The van der Waals surface area contributed by atoms with E-state index in [1.165, 1.54) is 0 Å². The molecule has 0 saturated carbocycles. The number of methoxy groups -OCH3 is 1. The summed E-state index contributed by atoms with van der Waals surface area (Å²) in [5.41, 5.74) is 5.67. The number of rotatable bonds is 4. The van der Waals surface area contributed by atoms with E-state index in [1.807, 2.05) is 13.0 Å². The average Bonchev–Trinajstić information content (AvgIpc) is 2.39. The molecule has 1 aliphatic heterocycles. The maximum absolute atomic E-state index is 5.67. The maximum atomic E-state index is 5.67. The lowest BCUT2D eigenvalue weighted by atomic mass is 10.1. The minimum absolute atomic E-state index is 0.239. The number of piperidine rings is 1. The summed E-state index contributed by atoms with van der Waals surface area (Å²) in [6, 6.07) is 1.81. The molecule has 0 spiro atoms. The SMILES string of the molecule is CCOC1CCCN(c2cc(OC)nc(N)n2)C1. The highest BCUT2D eigenvalue weighted by Gasteiger charge is 2.21. The third-order valence-corrected chi connectivity index (χ3v) is 3.02. The zero-order valence-corrected chi connectivity index (χ0v) is 10.9. The number of anilines is 2. The van der Waals surface area contributed by atoms with E-state index in [1.54, 1.807) is 7.11 Å². The van der Waals surface area contributed by atoms with Gasteiger partial charge in [-0.15, -0.1) is 0 Å². The monoisotopic (exact) mass is 252 g/mol. The van der Waals surface area contributed by atoms with Crippen molar-refractivity contribution in [1.82, 2.24) is 9.97 Å². The minimum Gasteiger partial charge on any atom is -0.481 e. The molecule has 0 bridgehead atoms. The second-order valence-corrected chi connectivity index (χ2v) is 4.29. The molecule has 2 rings (SSSR count). The van der Waals surface area contributed by atoms with E-state index >= 15 is 0 Å². The van der Waals surface area contributed by atoms with Gasteiger partial charge in [0.25, 0.3) is 0 Å². The van der Waals surface area contributed by atoms with Crippen LogP contribution in [0.5, 0.6) is 5.88 Å². The van der Waals surface area contributed by atoms with Crippen molar-refractivity contribution in [2.45, 2.75) is 25.9 Å². The first-order chi connectivity index (χ1) is 8.72. The van der Waals surface area contributed by atoms with E-state index in [2.05, 4.69) is 14.9 Å². The molecule has 6 nitrogen and oxygen atoms in total. The van der Waals surface area contributed by atoms with Gasteiger partial charge >= 0.3 is 0 Å². The van der Waals surface area contributed by atoms with Crippen molar-refractivity contribution in [3.8, 4) is 5.88 Å². The summed E-state index contributed by atoms with van der Waals surface area (Å²) >= 11 is 0. The molecule has 2 N–H and O–H groups in total. The van der Waals surface area contributed by atoms with Crippen LogP contribution in [0.2, 0.25) is 0 Å². The Balaban J connectivity index is 2.12. The molecular weight excluding hydrogens is 232 g/mol. The molecular formula is C12H20N4O2. The van der Waals surface area contributed by atoms with Gasteiger partial charge in [-0.05, 0) is 19.8 Å². The van der Waals surface area contributed by atoms with Crippen molar-refractivity contribution in [2.75, 3.05) is 37.4 Å². The number of nitrogens with zero attached hydrogens (tertiary/aromatic N) is 3.